The lowest BCUT2D eigenvalue weighted by molar-refractivity contribution is -0.144. The lowest BCUT2D eigenvalue weighted by Crippen LogP contribution is -2.61. The Morgan fingerprint density at radius 3 is 1.56 bits per heavy atom. The summed E-state index contributed by atoms with van der Waals surface area (Å²) in [6.45, 7) is 2.72. The van der Waals surface area contributed by atoms with Crippen molar-refractivity contribution in [1.82, 2.24) is 26.6 Å². The number of aliphatic hydroxyl groups excluding tert-OH is 2. The van der Waals surface area contributed by atoms with Crippen LogP contribution in [-0.2, 0) is 38.4 Å². The van der Waals surface area contributed by atoms with Crippen molar-refractivity contribution in [3.63, 3.8) is 0 Å². The number of carboxylic acid groups (broad SMARTS) is 1. The van der Waals surface area contributed by atoms with E-state index in [0.717, 1.165) is 0 Å². The maximum Gasteiger partial charge on any atom is 0.328 e. The Morgan fingerprint density at radius 1 is 0.651 bits per heavy atom. The summed E-state index contributed by atoms with van der Waals surface area (Å²) in [5, 5.41) is 38.9. The molecule has 0 saturated heterocycles. The molecule has 19 nitrogen and oxygen atoms in total. The van der Waals surface area contributed by atoms with Crippen molar-refractivity contribution < 1.29 is 53.7 Å². The van der Waals surface area contributed by atoms with Crippen molar-refractivity contribution in [2.75, 3.05) is 13.2 Å². The number of amides is 7. The molecule has 244 valence electrons. The molecule has 0 aliphatic carbocycles. The third kappa shape index (κ3) is 13.9. The van der Waals surface area contributed by atoms with E-state index in [1.807, 2.05) is 0 Å². The van der Waals surface area contributed by atoms with Crippen LogP contribution in [0.5, 0.6) is 0 Å². The molecule has 14 N–H and O–H groups in total. The number of carbonyl (C=O) groups is 8. The summed E-state index contributed by atoms with van der Waals surface area (Å²) in [7, 11) is 0. The van der Waals surface area contributed by atoms with Crippen LogP contribution in [0, 0.1) is 5.92 Å². The van der Waals surface area contributed by atoms with E-state index in [4.69, 9.17) is 22.3 Å². The van der Waals surface area contributed by atoms with Gasteiger partial charge in [0.05, 0.1) is 25.7 Å². The van der Waals surface area contributed by atoms with Gasteiger partial charge in [-0.1, -0.05) is 20.3 Å². The number of nitrogens with one attached hydrogen (secondary N) is 5. The smallest absolute Gasteiger partial charge is 0.328 e. The molecule has 7 amide bonds. The zero-order chi connectivity index (χ0) is 33.4. The van der Waals surface area contributed by atoms with E-state index >= 15 is 0 Å². The average molecular weight is 619 g/mol. The second-order valence-corrected chi connectivity index (χ2v) is 9.78. The van der Waals surface area contributed by atoms with Gasteiger partial charge in [0.15, 0.2) is 0 Å². The van der Waals surface area contributed by atoms with Crippen molar-refractivity contribution >= 4 is 47.3 Å². The van der Waals surface area contributed by atoms with Crippen LogP contribution in [0.2, 0.25) is 0 Å². The molecule has 0 aliphatic rings. The fourth-order valence-corrected chi connectivity index (χ4v) is 3.41. The van der Waals surface area contributed by atoms with Crippen molar-refractivity contribution in [3.05, 3.63) is 0 Å². The van der Waals surface area contributed by atoms with Crippen LogP contribution in [0.4, 0.5) is 0 Å². The van der Waals surface area contributed by atoms with Gasteiger partial charge < -0.3 is 59.1 Å². The van der Waals surface area contributed by atoms with Gasteiger partial charge in [0.25, 0.3) is 0 Å². The fraction of sp³-hybridized carbons (Fsp3) is 0.667. The highest BCUT2D eigenvalue weighted by Gasteiger charge is 2.34. The highest BCUT2D eigenvalue weighted by atomic mass is 16.4. The second-order valence-electron chi connectivity index (χ2n) is 9.78. The minimum absolute atomic E-state index is 0.314. The number of hydrogen-bond donors (Lipinski definition) is 11. The van der Waals surface area contributed by atoms with Crippen LogP contribution in [0.15, 0.2) is 0 Å². The van der Waals surface area contributed by atoms with E-state index in [1.54, 1.807) is 13.8 Å². The number of aliphatic carboxylic acids is 1. The fourth-order valence-electron chi connectivity index (χ4n) is 3.41. The van der Waals surface area contributed by atoms with E-state index < -0.39 is 122 Å². The average Bonchev–Trinajstić information content (AvgIpc) is 2.93. The van der Waals surface area contributed by atoms with E-state index in [-0.39, 0.29) is 0 Å². The van der Waals surface area contributed by atoms with Crippen molar-refractivity contribution in [1.29, 1.82) is 0 Å². The maximum absolute atomic E-state index is 13.2. The first-order valence-electron chi connectivity index (χ1n) is 13.3. The summed E-state index contributed by atoms with van der Waals surface area (Å²) in [6.07, 6.45) is -1.28. The molecule has 0 aromatic heterocycles. The Labute approximate surface area is 247 Å². The molecule has 0 spiro atoms. The van der Waals surface area contributed by atoms with Crippen LogP contribution in [0.1, 0.15) is 46.5 Å². The highest BCUT2D eigenvalue weighted by Crippen LogP contribution is 2.10. The SMILES string of the molecule is CC[C@H](C)[C@H](NC(=O)[C@H](CC(N)=O)NC(=O)[C@H](CCC(N)=O)NC(=O)[C@H](CO)NC(=O)[C@H](C)N)C(=O)N[C@@H](CO)C(=O)O. The quantitative estimate of drug-likeness (QED) is 0.0607. The Hall–Kier alpha value is -4.36. The molecule has 0 aliphatic heterocycles. The van der Waals surface area contributed by atoms with E-state index in [0.29, 0.717) is 6.42 Å². The molecule has 0 aromatic carbocycles. The molecule has 0 rings (SSSR count). The van der Waals surface area contributed by atoms with Gasteiger partial charge in [-0.3, -0.25) is 33.6 Å². The first-order chi connectivity index (χ1) is 20.0. The molecule has 0 radical (unpaired) electrons. The monoisotopic (exact) mass is 618 g/mol. The van der Waals surface area contributed by atoms with Gasteiger partial charge in [-0.2, -0.15) is 0 Å². The van der Waals surface area contributed by atoms with Crippen LogP contribution in [0.3, 0.4) is 0 Å². The van der Waals surface area contributed by atoms with E-state index in [1.165, 1.54) is 6.92 Å². The molecule has 0 aromatic rings. The number of carbonyl (C=O) groups excluding carboxylic acids is 7. The van der Waals surface area contributed by atoms with Gasteiger partial charge in [-0.15, -0.1) is 0 Å². The lowest BCUT2D eigenvalue weighted by Gasteiger charge is -2.28. The van der Waals surface area contributed by atoms with Gasteiger partial charge in [-0.05, 0) is 19.3 Å². The Bertz CT molecular complexity index is 1040. The van der Waals surface area contributed by atoms with E-state index in [2.05, 4.69) is 26.6 Å². The number of carboxylic acids is 1. The predicted molar refractivity (Wildman–Crippen MR) is 147 cm³/mol. The minimum atomic E-state index is -1.71. The molecule has 0 heterocycles. The first kappa shape index (κ1) is 38.6. The van der Waals surface area contributed by atoms with Gasteiger partial charge in [-0.25, -0.2) is 4.79 Å². The summed E-state index contributed by atoms with van der Waals surface area (Å²) in [5.41, 5.74) is 15.8. The zero-order valence-electron chi connectivity index (χ0n) is 24.1. The number of hydrogen-bond acceptors (Lipinski definition) is 11. The van der Waals surface area contributed by atoms with Crippen molar-refractivity contribution in [2.45, 2.75) is 82.7 Å². The van der Waals surface area contributed by atoms with Gasteiger partial charge >= 0.3 is 5.97 Å². The molecule has 0 saturated carbocycles. The highest BCUT2D eigenvalue weighted by molar-refractivity contribution is 5.98. The van der Waals surface area contributed by atoms with Crippen molar-refractivity contribution in [2.24, 2.45) is 23.1 Å². The number of nitrogens with two attached hydrogens (primary N) is 3. The molecular formula is C24H42N8O11. The molecule has 0 bridgehead atoms. The van der Waals surface area contributed by atoms with Gasteiger partial charge in [0.1, 0.15) is 30.2 Å². The summed E-state index contributed by atoms with van der Waals surface area (Å²) < 4.78 is 0. The molecule has 19 heteroatoms. The first-order valence-corrected chi connectivity index (χ1v) is 13.3. The number of primary amides is 2. The molecule has 0 unspecified atom stereocenters. The third-order valence-corrected chi connectivity index (χ3v) is 6.17. The summed E-state index contributed by atoms with van der Waals surface area (Å²) >= 11 is 0. The Kier molecular flexibility index (Phi) is 17.0. The second kappa shape index (κ2) is 18.9. The van der Waals surface area contributed by atoms with Crippen LogP contribution < -0.4 is 43.8 Å². The molecule has 0 fully saturated rings. The zero-order valence-corrected chi connectivity index (χ0v) is 24.1. The normalized spacial score (nSPS) is 15.7. The van der Waals surface area contributed by atoms with Crippen LogP contribution >= 0.6 is 0 Å². The third-order valence-electron chi connectivity index (χ3n) is 6.17. The minimum Gasteiger partial charge on any atom is -0.480 e. The lowest BCUT2D eigenvalue weighted by atomic mass is 9.97. The summed E-state index contributed by atoms with van der Waals surface area (Å²) in [5.74, 6) is -9.02. The largest absolute Gasteiger partial charge is 0.480 e. The summed E-state index contributed by atoms with van der Waals surface area (Å²) in [6, 6.07) is -8.91. The Morgan fingerprint density at radius 2 is 1.12 bits per heavy atom. The standard InChI is InChI=1S/C24H42N8O11/c1-4-10(2)18(23(41)31-15(9-34)24(42)43)32-21(39)13(7-17(27)36)29-20(38)12(5-6-16(26)35)28-22(40)14(8-33)30-19(37)11(3)25/h10-15,18,33-34H,4-9,25H2,1-3H3,(H2,26,35)(H2,27,36)(H,28,40)(H,29,38)(H,30,37)(H,31,41)(H,32,39)(H,42,43)/t10-,11-,12-,13-,14-,15-,18-/m0/s1. The number of rotatable bonds is 20. The molecular weight excluding hydrogens is 576 g/mol. The molecule has 43 heavy (non-hydrogen) atoms. The topological polar surface area (TPSA) is 335 Å². The van der Waals surface area contributed by atoms with E-state index in [9.17, 15) is 48.6 Å². The van der Waals surface area contributed by atoms with Gasteiger partial charge in [0.2, 0.25) is 41.4 Å². The maximum atomic E-state index is 13.2. The van der Waals surface area contributed by atoms with Gasteiger partial charge in [0, 0.05) is 6.42 Å². The van der Waals surface area contributed by atoms with Crippen LogP contribution in [-0.4, -0.2) is 112 Å². The molecule has 7 atom stereocenters. The van der Waals surface area contributed by atoms with Crippen molar-refractivity contribution in [3.8, 4) is 0 Å². The number of aliphatic hydroxyl groups is 2. The predicted octanol–water partition coefficient (Wildman–Crippen LogP) is -5.99. The summed E-state index contributed by atoms with van der Waals surface area (Å²) in [4.78, 5) is 98.0. The van der Waals surface area contributed by atoms with Crippen LogP contribution in [0.25, 0.3) is 0 Å². The Balaban J connectivity index is 6.02.